The van der Waals surface area contributed by atoms with Crippen molar-refractivity contribution in [2.75, 3.05) is 18.1 Å². The number of nitrogens with zero attached hydrogens (tertiary/aromatic N) is 3. The molecule has 0 bridgehead atoms. The molecule has 20 heavy (non-hydrogen) atoms. The number of benzene rings is 1. The maximum absolute atomic E-state index is 10.9. The first kappa shape index (κ1) is 14.0. The molecule has 0 aliphatic carbocycles. The van der Waals surface area contributed by atoms with Gasteiger partial charge in [-0.2, -0.15) is 0 Å². The second-order valence-electron chi connectivity index (χ2n) is 4.20. The van der Waals surface area contributed by atoms with Crippen molar-refractivity contribution in [3.8, 4) is 0 Å². The van der Waals surface area contributed by atoms with Crippen LogP contribution in [0.4, 0.5) is 5.82 Å². The third-order valence-electron chi connectivity index (χ3n) is 2.75. The summed E-state index contributed by atoms with van der Waals surface area (Å²) in [5.41, 5.74) is 0.932. The summed E-state index contributed by atoms with van der Waals surface area (Å²) in [6.07, 6.45) is 2.69. The van der Waals surface area contributed by atoms with Crippen molar-refractivity contribution in [2.45, 2.75) is 6.54 Å². The fourth-order valence-corrected chi connectivity index (χ4v) is 1.81. The number of aromatic carboxylic acids is 1. The van der Waals surface area contributed by atoms with E-state index in [0.717, 1.165) is 5.56 Å². The summed E-state index contributed by atoms with van der Waals surface area (Å²) in [5, 5.41) is 18.1. The van der Waals surface area contributed by atoms with Crippen LogP contribution < -0.4 is 4.90 Å². The average molecular weight is 273 g/mol. The molecule has 0 amide bonds. The summed E-state index contributed by atoms with van der Waals surface area (Å²) in [6, 6.07) is 9.68. The first-order chi connectivity index (χ1) is 9.70. The third kappa shape index (κ3) is 3.52. The van der Waals surface area contributed by atoms with E-state index in [2.05, 4.69) is 9.97 Å². The molecule has 104 valence electrons. The van der Waals surface area contributed by atoms with Crippen LogP contribution in [0.2, 0.25) is 0 Å². The molecule has 6 heteroatoms. The monoisotopic (exact) mass is 273 g/mol. The molecule has 6 nitrogen and oxygen atoms in total. The maximum Gasteiger partial charge on any atom is 0.356 e. The number of carboxylic acid groups (broad SMARTS) is 1. The van der Waals surface area contributed by atoms with Gasteiger partial charge in [-0.3, -0.25) is 4.98 Å². The Balaban J connectivity index is 2.24. The minimum Gasteiger partial charge on any atom is -0.476 e. The highest BCUT2D eigenvalue weighted by Crippen LogP contribution is 2.13. The second kappa shape index (κ2) is 6.63. The number of hydrogen-bond donors (Lipinski definition) is 2. The largest absolute Gasteiger partial charge is 0.476 e. The first-order valence-electron chi connectivity index (χ1n) is 6.16. The molecule has 1 aromatic carbocycles. The first-order valence-corrected chi connectivity index (χ1v) is 6.16. The van der Waals surface area contributed by atoms with Gasteiger partial charge in [0.2, 0.25) is 0 Å². The minimum absolute atomic E-state index is 0.0498. The second-order valence-corrected chi connectivity index (χ2v) is 4.20. The van der Waals surface area contributed by atoms with E-state index in [4.69, 9.17) is 10.2 Å². The molecule has 0 atom stereocenters. The molecule has 1 aromatic heterocycles. The topological polar surface area (TPSA) is 86.5 Å². The molecule has 0 fully saturated rings. The molecule has 0 aliphatic rings. The normalized spacial score (nSPS) is 10.2. The van der Waals surface area contributed by atoms with Gasteiger partial charge in [0.1, 0.15) is 5.82 Å². The van der Waals surface area contributed by atoms with Crippen LogP contribution in [0.3, 0.4) is 0 Å². The van der Waals surface area contributed by atoms with Gasteiger partial charge >= 0.3 is 5.97 Å². The van der Waals surface area contributed by atoms with E-state index in [9.17, 15) is 4.79 Å². The molecule has 0 aliphatic heterocycles. The van der Waals surface area contributed by atoms with E-state index in [1.54, 1.807) is 4.90 Å². The highest BCUT2D eigenvalue weighted by atomic mass is 16.4. The van der Waals surface area contributed by atoms with Gasteiger partial charge in [0.05, 0.1) is 19.0 Å². The van der Waals surface area contributed by atoms with Crippen LogP contribution in [0.1, 0.15) is 16.1 Å². The van der Waals surface area contributed by atoms with E-state index < -0.39 is 5.97 Å². The van der Waals surface area contributed by atoms with Gasteiger partial charge in [0.25, 0.3) is 0 Å². The van der Waals surface area contributed by atoms with Crippen LogP contribution in [0.15, 0.2) is 42.7 Å². The minimum atomic E-state index is -1.12. The maximum atomic E-state index is 10.9. The van der Waals surface area contributed by atoms with Crippen molar-refractivity contribution >= 4 is 11.8 Å². The zero-order chi connectivity index (χ0) is 14.4. The average Bonchev–Trinajstić information content (AvgIpc) is 2.48. The van der Waals surface area contributed by atoms with Crippen LogP contribution in [0.5, 0.6) is 0 Å². The smallest absolute Gasteiger partial charge is 0.356 e. The number of hydrogen-bond acceptors (Lipinski definition) is 5. The molecule has 0 saturated carbocycles. The van der Waals surface area contributed by atoms with Gasteiger partial charge in [0.15, 0.2) is 5.69 Å². The fourth-order valence-electron chi connectivity index (χ4n) is 1.81. The zero-order valence-electron chi connectivity index (χ0n) is 10.8. The van der Waals surface area contributed by atoms with E-state index >= 15 is 0 Å². The number of aliphatic hydroxyl groups excluding tert-OH is 1. The number of aliphatic hydroxyl groups is 1. The highest BCUT2D eigenvalue weighted by molar-refractivity contribution is 5.85. The van der Waals surface area contributed by atoms with Crippen LogP contribution in [0, 0.1) is 0 Å². The van der Waals surface area contributed by atoms with Crippen molar-refractivity contribution in [3.63, 3.8) is 0 Å². The SMILES string of the molecule is O=C(O)c1cncc(N(CCO)Cc2ccccc2)n1. The Kier molecular flexibility index (Phi) is 4.62. The number of anilines is 1. The molecular formula is C14H15N3O3. The highest BCUT2D eigenvalue weighted by Gasteiger charge is 2.12. The van der Waals surface area contributed by atoms with E-state index in [0.29, 0.717) is 18.9 Å². The zero-order valence-corrected chi connectivity index (χ0v) is 10.8. The van der Waals surface area contributed by atoms with Crippen molar-refractivity contribution in [1.29, 1.82) is 0 Å². The Labute approximate surface area is 116 Å². The lowest BCUT2D eigenvalue weighted by atomic mass is 10.2. The Morgan fingerprint density at radius 3 is 2.60 bits per heavy atom. The molecule has 1 heterocycles. The van der Waals surface area contributed by atoms with Crippen LogP contribution in [-0.4, -0.2) is 39.3 Å². The number of aromatic nitrogens is 2. The molecule has 2 rings (SSSR count). The Morgan fingerprint density at radius 2 is 1.95 bits per heavy atom. The summed E-state index contributed by atoms with van der Waals surface area (Å²) in [4.78, 5) is 20.6. The number of carboxylic acids is 1. The van der Waals surface area contributed by atoms with Crippen molar-refractivity contribution in [3.05, 3.63) is 54.0 Å². The predicted molar refractivity (Wildman–Crippen MR) is 73.6 cm³/mol. The van der Waals surface area contributed by atoms with Crippen LogP contribution >= 0.6 is 0 Å². The van der Waals surface area contributed by atoms with Crippen molar-refractivity contribution in [1.82, 2.24) is 9.97 Å². The number of rotatable bonds is 6. The molecule has 0 saturated heterocycles. The van der Waals surface area contributed by atoms with Gasteiger partial charge in [-0.25, -0.2) is 9.78 Å². The van der Waals surface area contributed by atoms with Gasteiger partial charge < -0.3 is 15.1 Å². The summed E-state index contributed by atoms with van der Waals surface area (Å²) in [6.45, 7) is 0.831. The lowest BCUT2D eigenvalue weighted by Gasteiger charge is -2.22. The molecule has 2 aromatic rings. The summed E-state index contributed by atoms with van der Waals surface area (Å²) in [5.74, 6) is -0.689. The Hall–Kier alpha value is -2.47. The molecule has 0 spiro atoms. The summed E-state index contributed by atoms with van der Waals surface area (Å²) >= 11 is 0. The molecular weight excluding hydrogens is 258 g/mol. The van der Waals surface area contributed by atoms with Crippen LogP contribution in [-0.2, 0) is 6.54 Å². The fraction of sp³-hybridized carbons (Fsp3) is 0.214. The lowest BCUT2D eigenvalue weighted by molar-refractivity contribution is 0.0690. The standard InChI is InChI=1S/C14H15N3O3/c18-7-6-17(10-11-4-2-1-3-5-11)13-9-15-8-12(16-13)14(19)20/h1-5,8-9,18H,6-7,10H2,(H,19,20). The Bertz CT molecular complexity index is 575. The van der Waals surface area contributed by atoms with E-state index in [1.165, 1.54) is 12.4 Å². The van der Waals surface area contributed by atoms with Crippen LogP contribution in [0.25, 0.3) is 0 Å². The summed E-state index contributed by atoms with van der Waals surface area (Å²) < 4.78 is 0. The van der Waals surface area contributed by atoms with Gasteiger partial charge in [-0.15, -0.1) is 0 Å². The number of carbonyl (C=O) groups is 1. The van der Waals surface area contributed by atoms with E-state index in [-0.39, 0.29) is 12.3 Å². The van der Waals surface area contributed by atoms with E-state index in [1.807, 2.05) is 30.3 Å². The molecule has 0 unspecified atom stereocenters. The van der Waals surface area contributed by atoms with Crippen molar-refractivity contribution in [2.24, 2.45) is 0 Å². The predicted octanol–water partition coefficient (Wildman–Crippen LogP) is 1.17. The molecule has 2 N–H and O–H groups in total. The quantitative estimate of drug-likeness (QED) is 0.821. The summed E-state index contributed by atoms with van der Waals surface area (Å²) in [7, 11) is 0. The molecule has 0 radical (unpaired) electrons. The van der Waals surface area contributed by atoms with Gasteiger partial charge in [-0.1, -0.05) is 30.3 Å². The third-order valence-corrected chi connectivity index (χ3v) is 2.75. The Morgan fingerprint density at radius 1 is 1.20 bits per heavy atom. The van der Waals surface area contributed by atoms with Gasteiger partial charge in [-0.05, 0) is 5.56 Å². The van der Waals surface area contributed by atoms with Crippen molar-refractivity contribution < 1.29 is 15.0 Å². The lowest BCUT2D eigenvalue weighted by Crippen LogP contribution is -2.27. The van der Waals surface area contributed by atoms with Gasteiger partial charge in [0, 0.05) is 13.1 Å².